The number of aliphatic hydroxyl groups excluding tert-OH is 1. The van der Waals surface area contributed by atoms with Gasteiger partial charge < -0.3 is 20.5 Å². The number of hydrogen-bond acceptors (Lipinski definition) is 4. The standard InChI is InChI=1S/C14H20N2O3/c1-19-13-5-3-2-4-12(13)16-14(18)9-15-8-10-6-11(17)7-10/h2-5,10-11,15,17H,6-9H2,1H3,(H,16,18). The van der Waals surface area contributed by atoms with Crippen LogP contribution in [0.4, 0.5) is 5.69 Å². The lowest BCUT2D eigenvalue weighted by Crippen LogP contribution is -2.38. The summed E-state index contributed by atoms with van der Waals surface area (Å²) in [7, 11) is 1.57. The Morgan fingerprint density at radius 3 is 2.84 bits per heavy atom. The molecule has 19 heavy (non-hydrogen) atoms. The Balaban J connectivity index is 1.71. The van der Waals surface area contributed by atoms with Crippen molar-refractivity contribution >= 4 is 11.6 Å². The van der Waals surface area contributed by atoms with Gasteiger partial charge in [0.1, 0.15) is 5.75 Å². The highest BCUT2D eigenvalue weighted by Gasteiger charge is 2.26. The number of carbonyl (C=O) groups excluding carboxylic acids is 1. The van der Waals surface area contributed by atoms with E-state index in [0.29, 0.717) is 17.4 Å². The fourth-order valence-corrected chi connectivity index (χ4v) is 2.20. The number of methoxy groups -OCH3 is 1. The molecule has 0 spiro atoms. The highest BCUT2D eigenvalue weighted by Crippen LogP contribution is 2.26. The lowest BCUT2D eigenvalue weighted by atomic mass is 9.82. The third kappa shape index (κ3) is 3.94. The molecule has 0 bridgehead atoms. The van der Waals surface area contributed by atoms with Crippen molar-refractivity contribution in [3.05, 3.63) is 24.3 Å². The molecule has 5 nitrogen and oxygen atoms in total. The van der Waals surface area contributed by atoms with Gasteiger partial charge in [0, 0.05) is 0 Å². The zero-order valence-corrected chi connectivity index (χ0v) is 11.1. The van der Waals surface area contributed by atoms with E-state index in [4.69, 9.17) is 9.84 Å². The summed E-state index contributed by atoms with van der Waals surface area (Å²) in [6.45, 7) is 1.04. The minimum absolute atomic E-state index is 0.0932. The van der Waals surface area contributed by atoms with Crippen LogP contribution in [0.1, 0.15) is 12.8 Å². The minimum Gasteiger partial charge on any atom is -0.495 e. The number of hydrogen-bond donors (Lipinski definition) is 3. The van der Waals surface area contributed by atoms with Gasteiger partial charge in [0.25, 0.3) is 0 Å². The number of carbonyl (C=O) groups is 1. The average Bonchev–Trinajstić information content (AvgIpc) is 2.37. The second-order valence-electron chi connectivity index (χ2n) is 4.87. The summed E-state index contributed by atoms with van der Waals surface area (Å²) in [4.78, 5) is 11.8. The van der Waals surface area contributed by atoms with Gasteiger partial charge in [-0.3, -0.25) is 4.79 Å². The highest BCUT2D eigenvalue weighted by molar-refractivity contribution is 5.93. The first-order chi connectivity index (χ1) is 9.19. The quantitative estimate of drug-likeness (QED) is 0.716. The normalized spacial score (nSPS) is 21.6. The van der Waals surface area contributed by atoms with Crippen molar-refractivity contribution in [2.75, 3.05) is 25.5 Å². The summed E-state index contributed by atoms with van der Waals surface area (Å²) < 4.78 is 5.16. The fourth-order valence-electron chi connectivity index (χ4n) is 2.20. The zero-order valence-electron chi connectivity index (χ0n) is 11.1. The molecule has 3 N–H and O–H groups in total. The van der Waals surface area contributed by atoms with Gasteiger partial charge in [0.05, 0.1) is 25.4 Å². The molecule has 0 radical (unpaired) electrons. The topological polar surface area (TPSA) is 70.6 Å². The second-order valence-corrected chi connectivity index (χ2v) is 4.87. The van der Waals surface area contributed by atoms with Crippen molar-refractivity contribution in [3.63, 3.8) is 0 Å². The Morgan fingerprint density at radius 1 is 1.42 bits per heavy atom. The first-order valence-corrected chi connectivity index (χ1v) is 6.50. The van der Waals surface area contributed by atoms with Gasteiger partial charge in [-0.05, 0) is 37.4 Å². The number of rotatable bonds is 6. The van der Waals surface area contributed by atoms with Crippen LogP contribution >= 0.6 is 0 Å². The van der Waals surface area contributed by atoms with Gasteiger partial charge in [0.15, 0.2) is 0 Å². The number of ether oxygens (including phenoxy) is 1. The maximum absolute atomic E-state index is 11.8. The Morgan fingerprint density at radius 2 is 2.16 bits per heavy atom. The second kappa shape index (κ2) is 6.54. The van der Waals surface area contributed by atoms with Crippen molar-refractivity contribution in [1.29, 1.82) is 0 Å². The molecule has 0 unspecified atom stereocenters. The Bertz CT molecular complexity index is 430. The van der Waals surface area contributed by atoms with Crippen LogP contribution in [-0.2, 0) is 4.79 Å². The first-order valence-electron chi connectivity index (χ1n) is 6.50. The van der Waals surface area contributed by atoms with E-state index < -0.39 is 0 Å². The van der Waals surface area contributed by atoms with Crippen LogP contribution in [0, 0.1) is 5.92 Å². The van der Waals surface area contributed by atoms with E-state index >= 15 is 0 Å². The molecule has 1 aliphatic carbocycles. The van der Waals surface area contributed by atoms with Gasteiger partial charge in [-0.2, -0.15) is 0 Å². The molecule has 1 aromatic rings. The van der Waals surface area contributed by atoms with Crippen molar-refractivity contribution in [2.24, 2.45) is 5.92 Å². The number of aliphatic hydroxyl groups is 1. The summed E-state index contributed by atoms with van der Waals surface area (Å²) in [5.74, 6) is 1.05. The van der Waals surface area contributed by atoms with Gasteiger partial charge in [-0.25, -0.2) is 0 Å². The third-order valence-corrected chi connectivity index (χ3v) is 3.31. The van der Waals surface area contributed by atoms with E-state index in [-0.39, 0.29) is 18.6 Å². The SMILES string of the molecule is COc1ccccc1NC(=O)CNCC1CC(O)C1. The van der Waals surface area contributed by atoms with Crippen molar-refractivity contribution in [1.82, 2.24) is 5.32 Å². The molecular formula is C14H20N2O3. The maximum atomic E-state index is 11.8. The van der Waals surface area contributed by atoms with E-state index in [1.165, 1.54) is 0 Å². The van der Waals surface area contributed by atoms with Gasteiger partial charge >= 0.3 is 0 Å². The minimum atomic E-state index is -0.144. The molecule has 0 saturated heterocycles. The molecule has 1 saturated carbocycles. The molecule has 1 aliphatic rings. The van der Waals surface area contributed by atoms with E-state index in [9.17, 15) is 4.79 Å². The van der Waals surface area contributed by atoms with Crippen LogP contribution in [0.2, 0.25) is 0 Å². The lowest BCUT2D eigenvalue weighted by molar-refractivity contribution is -0.115. The smallest absolute Gasteiger partial charge is 0.238 e. The van der Waals surface area contributed by atoms with E-state index in [0.717, 1.165) is 19.4 Å². The fraction of sp³-hybridized carbons (Fsp3) is 0.500. The molecule has 0 aliphatic heterocycles. The molecule has 5 heteroatoms. The highest BCUT2D eigenvalue weighted by atomic mass is 16.5. The number of amides is 1. The zero-order chi connectivity index (χ0) is 13.7. The summed E-state index contributed by atoms with van der Waals surface area (Å²) in [5.41, 5.74) is 0.677. The molecular weight excluding hydrogens is 244 g/mol. The third-order valence-electron chi connectivity index (χ3n) is 3.31. The predicted molar refractivity (Wildman–Crippen MR) is 73.2 cm³/mol. The van der Waals surface area contributed by atoms with Crippen LogP contribution in [0.3, 0.4) is 0 Å². The monoisotopic (exact) mass is 264 g/mol. The van der Waals surface area contributed by atoms with E-state index in [2.05, 4.69) is 10.6 Å². The number of anilines is 1. The van der Waals surface area contributed by atoms with Crippen molar-refractivity contribution in [2.45, 2.75) is 18.9 Å². The largest absolute Gasteiger partial charge is 0.495 e. The van der Waals surface area contributed by atoms with E-state index in [1.807, 2.05) is 12.1 Å². The van der Waals surface area contributed by atoms with Crippen molar-refractivity contribution < 1.29 is 14.6 Å². The summed E-state index contributed by atoms with van der Waals surface area (Å²) in [6, 6.07) is 7.31. The van der Waals surface area contributed by atoms with Crippen LogP contribution in [-0.4, -0.2) is 37.3 Å². The number of benzene rings is 1. The summed E-state index contributed by atoms with van der Waals surface area (Å²) in [6.07, 6.45) is 1.52. The first kappa shape index (κ1) is 13.8. The van der Waals surface area contributed by atoms with Crippen LogP contribution in [0.5, 0.6) is 5.75 Å². The maximum Gasteiger partial charge on any atom is 0.238 e. The number of para-hydroxylation sites is 2. The Labute approximate surface area is 113 Å². The summed E-state index contributed by atoms with van der Waals surface area (Å²) >= 11 is 0. The molecule has 1 aromatic carbocycles. The molecule has 0 heterocycles. The molecule has 1 fully saturated rings. The molecule has 2 rings (SSSR count). The van der Waals surface area contributed by atoms with Gasteiger partial charge in [0.2, 0.25) is 5.91 Å². The van der Waals surface area contributed by atoms with E-state index in [1.54, 1.807) is 19.2 Å². The number of nitrogens with one attached hydrogen (secondary N) is 2. The molecule has 0 atom stereocenters. The Kier molecular flexibility index (Phi) is 4.76. The van der Waals surface area contributed by atoms with Gasteiger partial charge in [-0.15, -0.1) is 0 Å². The summed E-state index contributed by atoms with van der Waals surface area (Å²) in [5, 5.41) is 15.1. The molecule has 0 aromatic heterocycles. The van der Waals surface area contributed by atoms with Crippen LogP contribution in [0.25, 0.3) is 0 Å². The van der Waals surface area contributed by atoms with Crippen LogP contribution < -0.4 is 15.4 Å². The van der Waals surface area contributed by atoms with Crippen LogP contribution in [0.15, 0.2) is 24.3 Å². The molecule has 104 valence electrons. The van der Waals surface area contributed by atoms with Gasteiger partial charge in [-0.1, -0.05) is 12.1 Å². The average molecular weight is 264 g/mol. The predicted octanol–water partition coefficient (Wildman–Crippen LogP) is 0.994. The van der Waals surface area contributed by atoms with Crippen molar-refractivity contribution in [3.8, 4) is 5.75 Å². The molecule has 1 amide bonds. The lowest BCUT2D eigenvalue weighted by Gasteiger charge is -2.31. The Hall–Kier alpha value is -1.59.